The van der Waals surface area contributed by atoms with Gasteiger partial charge in [-0.25, -0.2) is 14.8 Å². The molecule has 2 aromatic heterocycles. The van der Waals surface area contributed by atoms with Gasteiger partial charge in [-0.05, 0) is 106 Å². The van der Waals surface area contributed by atoms with Crippen molar-refractivity contribution in [1.82, 2.24) is 15.3 Å². The zero-order valence-corrected chi connectivity index (χ0v) is 28.2. The number of rotatable bonds is 11. The van der Waals surface area contributed by atoms with Gasteiger partial charge in [-0.1, -0.05) is 24.3 Å². The molecule has 1 aliphatic carbocycles. The quantitative estimate of drug-likeness (QED) is 0.152. The number of ether oxygens (including phenoxy) is 1. The van der Waals surface area contributed by atoms with Crippen LogP contribution >= 0.6 is 0 Å². The molecule has 6 rings (SSSR count). The molecule has 1 aliphatic heterocycles. The highest BCUT2D eigenvalue weighted by molar-refractivity contribution is 6.01. The minimum Gasteiger partial charge on any atom is -0.444 e. The number of carbonyl (C=O) groups is 3. The first-order chi connectivity index (χ1) is 23.6. The van der Waals surface area contributed by atoms with E-state index in [4.69, 9.17) is 4.74 Å². The Morgan fingerprint density at radius 2 is 1.67 bits per heavy atom. The van der Waals surface area contributed by atoms with Gasteiger partial charge in [0.2, 0.25) is 5.91 Å². The van der Waals surface area contributed by atoms with Gasteiger partial charge in [0.05, 0.1) is 0 Å². The molecule has 4 aromatic rings. The van der Waals surface area contributed by atoms with Crippen molar-refractivity contribution in [2.75, 3.05) is 18.5 Å². The van der Waals surface area contributed by atoms with Gasteiger partial charge in [0.15, 0.2) is 12.5 Å². The summed E-state index contributed by atoms with van der Waals surface area (Å²) in [6.45, 7) is 6.37. The number of aromatic nitrogens is 2. The Kier molecular flexibility index (Phi) is 10.3. The normalized spacial score (nSPS) is 18.1. The molecular weight excluding hydrogens is 618 g/mol. The molecule has 0 radical (unpaired) electrons. The van der Waals surface area contributed by atoms with E-state index in [1.807, 2.05) is 87.8 Å². The van der Waals surface area contributed by atoms with Crippen molar-refractivity contribution in [3.63, 3.8) is 0 Å². The van der Waals surface area contributed by atoms with Crippen LogP contribution in [0.15, 0.2) is 88.3 Å². The van der Waals surface area contributed by atoms with Crippen molar-refractivity contribution in [2.24, 2.45) is 33.0 Å². The average molecular weight is 662 g/mol. The number of pyridine rings is 1. The third-order valence-electron chi connectivity index (χ3n) is 9.08. The van der Waals surface area contributed by atoms with E-state index < -0.39 is 17.6 Å². The van der Waals surface area contributed by atoms with Crippen LogP contribution in [0.25, 0.3) is 22.2 Å². The highest BCUT2D eigenvalue weighted by Gasteiger charge is 2.31. The van der Waals surface area contributed by atoms with Gasteiger partial charge in [-0.3, -0.25) is 9.59 Å². The summed E-state index contributed by atoms with van der Waals surface area (Å²) in [5, 5.41) is 14.9. The standard InChI is InChI=1S/C38H43N7O4/c1-38(2,3)49-37(48)41-21-25-6-10-27(11-7-25)33(46)20-30(36(47)44-32-14-12-28(13-15-32)35-42-23-43-45-35)18-24-4-8-26(9-5-24)31-19-29-16-17-39-34(29)40-22-31/h4-5,8-9,12-17,19,22,25,27,30H,6-7,10-11,18,20-21,23H2,1-3H3,(H,39,40)(H,41,48)(H,44,47)/t25?,27?,30-/m1/s1. The molecule has 49 heavy (non-hydrogen) atoms. The van der Waals surface area contributed by atoms with Crippen LogP contribution < -0.4 is 10.6 Å². The fraction of sp³-hybridized carbons (Fsp3) is 0.395. The van der Waals surface area contributed by atoms with Crippen LogP contribution in [0.3, 0.4) is 0 Å². The number of hydrogen-bond acceptors (Lipinski definition) is 8. The maximum atomic E-state index is 13.8. The first-order valence-electron chi connectivity index (χ1n) is 16.9. The number of H-pyrrole nitrogens is 1. The summed E-state index contributed by atoms with van der Waals surface area (Å²) >= 11 is 0. The molecule has 11 nitrogen and oxygen atoms in total. The van der Waals surface area contributed by atoms with Gasteiger partial charge < -0.3 is 20.4 Å². The Morgan fingerprint density at radius 3 is 2.37 bits per heavy atom. The second kappa shape index (κ2) is 14.9. The summed E-state index contributed by atoms with van der Waals surface area (Å²) in [7, 11) is 0. The van der Waals surface area contributed by atoms with Crippen molar-refractivity contribution in [3.05, 3.63) is 84.2 Å². The van der Waals surface area contributed by atoms with E-state index in [-0.39, 0.29) is 24.0 Å². The number of nitrogens with one attached hydrogen (secondary N) is 3. The third-order valence-corrected chi connectivity index (χ3v) is 9.08. The van der Waals surface area contributed by atoms with Gasteiger partial charge in [0.25, 0.3) is 0 Å². The number of alkyl carbamates (subject to hydrolysis) is 1. The summed E-state index contributed by atoms with van der Waals surface area (Å²) in [5.41, 5.74) is 4.78. The number of aliphatic imine (C=N–C) groups is 1. The monoisotopic (exact) mass is 661 g/mol. The number of azo groups is 1. The number of nitrogens with zero attached hydrogens (tertiary/aromatic N) is 4. The SMILES string of the molecule is CC(C)(C)OC(=O)NCC1CCC(C(=O)C[C@@H](Cc2ccc(-c3cnc4[nH]ccc4c3)cc2)C(=O)Nc2ccc(C3=NCN=N3)cc2)CC1. The highest BCUT2D eigenvalue weighted by Crippen LogP contribution is 2.32. The number of Topliss-reactive ketones (excluding diaryl/α,β-unsaturated/α-hetero) is 1. The first kappa shape index (κ1) is 33.7. The molecule has 2 aromatic carbocycles. The van der Waals surface area contributed by atoms with Crippen molar-refractivity contribution in [2.45, 2.75) is 64.9 Å². The smallest absolute Gasteiger partial charge is 0.407 e. The number of benzene rings is 2. The number of carbonyl (C=O) groups excluding carboxylic acids is 3. The number of amidine groups is 1. The number of ketones is 1. The first-order valence-corrected chi connectivity index (χ1v) is 16.9. The molecule has 3 N–H and O–H groups in total. The highest BCUT2D eigenvalue weighted by atomic mass is 16.6. The molecule has 2 aliphatic rings. The van der Waals surface area contributed by atoms with Crippen molar-refractivity contribution in [1.29, 1.82) is 0 Å². The Labute approximate surface area is 286 Å². The summed E-state index contributed by atoms with van der Waals surface area (Å²) in [5.74, 6) is 0.134. The number of amides is 2. The van der Waals surface area contributed by atoms with Crippen LogP contribution in [-0.2, 0) is 20.7 Å². The Hall–Kier alpha value is -5.19. The molecule has 3 heterocycles. The predicted octanol–water partition coefficient (Wildman–Crippen LogP) is 7.49. The predicted molar refractivity (Wildman–Crippen MR) is 189 cm³/mol. The maximum absolute atomic E-state index is 13.8. The molecule has 0 saturated heterocycles. The topological polar surface area (TPSA) is 150 Å². The zero-order valence-electron chi connectivity index (χ0n) is 28.2. The minimum absolute atomic E-state index is 0.105. The van der Waals surface area contributed by atoms with E-state index in [0.29, 0.717) is 37.1 Å². The van der Waals surface area contributed by atoms with Gasteiger partial charge in [0.1, 0.15) is 17.0 Å². The maximum Gasteiger partial charge on any atom is 0.407 e. The lowest BCUT2D eigenvalue weighted by Gasteiger charge is -2.29. The molecule has 0 spiro atoms. The number of aromatic amines is 1. The van der Waals surface area contributed by atoms with Crippen LogP contribution in [0.2, 0.25) is 0 Å². The summed E-state index contributed by atoms with van der Waals surface area (Å²) < 4.78 is 5.36. The van der Waals surface area contributed by atoms with Gasteiger partial charge in [0, 0.05) is 59.4 Å². The number of fused-ring (bicyclic) bond motifs is 1. The van der Waals surface area contributed by atoms with Crippen LogP contribution in [0.5, 0.6) is 0 Å². The molecule has 0 unspecified atom stereocenters. The average Bonchev–Trinajstić information content (AvgIpc) is 3.80. The lowest BCUT2D eigenvalue weighted by molar-refractivity contribution is -0.129. The molecule has 254 valence electrons. The van der Waals surface area contributed by atoms with Crippen molar-refractivity contribution >= 4 is 40.3 Å². The number of anilines is 1. The fourth-order valence-corrected chi connectivity index (χ4v) is 6.44. The van der Waals surface area contributed by atoms with Crippen LogP contribution in [0, 0.1) is 17.8 Å². The van der Waals surface area contributed by atoms with E-state index >= 15 is 0 Å². The van der Waals surface area contributed by atoms with Crippen LogP contribution in [0.4, 0.5) is 10.5 Å². The van der Waals surface area contributed by atoms with E-state index in [1.54, 1.807) is 0 Å². The van der Waals surface area contributed by atoms with E-state index in [9.17, 15) is 14.4 Å². The second-order valence-electron chi connectivity index (χ2n) is 13.9. The van der Waals surface area contributed by atoms with Gasteiger partial charge in [-0.2, -0.15) is 5.11 Å². The summed E-state index contributed by atoms with van der Waals surface area (Å²) in [6.07, 6.45) is 7.04. The molecule has 1 fully saturated rings. The van der Waals surface area contributed by atoms with Crippen molar-refractivity contribution < 1.29 is 19.1 Å². The largest absolute Gasteiger partial charge is 0.444 e. The minimum atomic E-state index is -0.547. The zero-order chi connectivity index (χ0) is 34.4. The van der Waals surface area contributed by atoms with Gasteiger partial charge in [-0.15, -0.1) is 5.11 Å². The summed E-state index contributed by atoms with van der Waals surface area (Å²) in [4.78, 5) is 51.4. The Morgan fingerprint density at radius 1 is 0.939 bits per heavy atom. The van der Waals surface area contributed by atoms with E-state index in [1.165, 1.54) is 0 Å². The molecule has 0 bridgehead atoms. The van der Waals surface area contributed by atoms with Crippen LogP contribution in [0.1, 0.15) is 64.0 Å². The molecule has 11 heteroatoms. The van der Waals surface area contributed by atoms with E-state index in [2.05, 4.69) is 41.9 Å². The third kappa shape index (κ3) is 9.04. The van der Waals surface area contributed by atoms with Gasteiger partial charge >= 0.3 is 6.09 Å². The van der Waals surface area contributed by atoms with E-state index in [0.717, 1.165) is 59.0 Å². The Bertz CT molecular complexity index is 1850. The molecule has 1 atom stereocenters. The molecular formula is C38H43N7O4. The van der Waals surface area contributed by atoms with Crippen LogP contribution in [-0.4, -0.2) is 52.4 Å². The van der Waals surface area contributed by atoms with Crippen molar-refractivity contribution in [3.8, 4) is 11.1 Å². The summed E-state index contributed by atoms with van der Waals surface area (Å²) in [6, 6.07) is 19.6. The molecule has 1 saturated carbocycles. The lowest BCUT2D eigenvalue weighted by Crippen LogP contribution is -2.37. The number of hydrogen-bond donors (Lipinski definition) is 3. The lowest BCUT2D eigenvalue weighted by atomic mass is 9.77. The second-order valence-corrected chi connectivity index (χ2v) is 13.9. The fourth-order valence-electron chi connectivity index (χ4n) is 6.44. The molecule has 2 amide bonds. The Balaban J connectivity index is 1.10.